The van der Waals surface area contributed by atoms with Gasteiger partial charge in [-0.3, -0.25) is 4.79 Å². The fourth-order valence-corrected chi connectivity index (χ4v) is 1.30. The minimum atomic E-state index is -0.0674. The number of aromatic amines is 1. The Kier molecular flexibility index (Phi) is 1.88. The molecule has 2 aromatic heterocycles. The first-order valence-corrected chi connectivity index (χ1v) is 4.09. The molecule has 0 aliphatic rings. The number of aromatic nitrogens is 5. The van der Waals surface area contributed by atoms with Gasteiger partial charge in [0.05, 0.1) is 18.1 Å². The van der Waals surface area contributed by atoms with Gasteiger partial charge >= 0.3 is 0 Å². The Hall–Kier alpha value is -1.98. The molecule has 14 heavy (non-hydrogen) atoms. The fraction of sp³-hybridized carbons (Fsp3) is 0.250. The van der Waals surface area contributed by atoms with E-state index < -0.39 is 0 Å². The summed E-state index contributed by atoms with van der Waals surface area (Å²) in [5, 5.41) is 10.1. The highest BCUT2D eigenvalue weighted by Crippen LogP contribution is 2.15. The molecule has 0 bridgehead atoms. The Labute approximate surface area is 80.0 Å². The number of ketones is 1. The second kappa shape index (κ2) is 3.06. The Balaban J connectivity index is 2.52. The number of carbonyl (C=O) groups excluding carboxylic acids is 1. The number of Topliss-reactive ketones (excluding diaryl/α,β-unsaturated/α-hetero) is 1. The normalized spacial score (nSPS) is 10.4. The molecule has 2 rings (SSSR count). The van der Waals surface area contributed by atoms with Crippen molar-refractivity contribution in [1.82, 2.24) is 25.0 Å². The number of hydrogen-bond donors (Lipinski definition) is 1. The Morgan fingerprint density at radius 2 is 2.29 bits per heavy atom. The topological polar surface area (TPSA) is 76.5 Å². The van der Waals surface area contributed by atoms with Crippen LogP contribution in [0.2, 0.25) is 0 Å². The lowest BCUT2D eigenvalue weighted by molar-refractivity contribution is 0.100. The average molecular weight is 191 g/mol. The van der Waals surface area contributed by atoms with E-state index in [-0.39, 0.29) is 5.78 Å². The molecular formula is C8H9N5O. The Bertz CT molecular complexity index is 456. The van der Waals surface area contributed by atoms with E-state index in [9.17, 15) is 4.79 Å². The van der Waals surface area contributed by atoms with Crippen molar-refractivity contribution in [3.8, 4) is 11.4 Å². The molecule has 2 aromatic rings. The molecule has 0 amide bonds. The lowest BCUT2D eigenvalue weighted by Gasteiger charge is -1.99. The van der Waals surface area contributed by atoms with Crippen molar-refractivity contribution in [3.05, 3.63) is 18.2 Å². The predicted molar refractivity (Wildman–Crippen MR) is 48.6 cm³/mol. The van der Waals surface area contributed by atoms with Crippen LogP contribution < -0.4 is 0 Å². The fourth-order valence-electron chi connectivity index (χ4n) is 1.30. The number of hydrogen-bond acceptors (Lipinski definition) is 4. The highest BCUT2D eigenvalue weighted by molar-refractivity contribution is 5.91. The van der Waals surface area contributed by atoms with Crippen molar-refractivity contribution in [2.24, 2.45) is 7.05 Å². The minimum absolute atomic E-state index is 0.0674. The highest BCUT2D eigenvalue weighted by atomic mass is 16.1. The second-order valence-electron chi connectivity index (χ2n) is 2.94. The minimum Gasteiger partial charge on any atom is -0.323 e. The molecule has 0 fully saturated rings. The third-order valence-corrected chi connectivity index (χ3v) is 1.98. The quantitative estimate of drug-likeness (QED) is 0.697. The van der Waals surface area contributed by atoms with Crippen molar-refractivity contribution in [1.29, 1.82) is 0 Å². The van der Waals surface area contributed by atoms with Crippen molar-refractivity contribution in [3.63, 3.8) is 0 Å². The van der Waals surface area contributed by atoms with Crippen LogP contribution in [-0.4, -0.2) is 30.7 Å². The summed E-state index contributed by atoms with van der Waals surface area (Å²) in [6.07, 6.45) is 3.19. The zero-order chi connectivity index (χ0) is 10.1. The van der Waals surface area contributed by atoms with Gasteiger partial charge < -0.3 is 4.57 Å². The van der Waals surface area contributed by atoms with Gasteiger partial charge in [0.25, 0.3) is 0 Å². The number of nitrogens with zero attached hydrogens (tertiary/aromatic N) is 4. The van der Waals surface area contributed by atoms with Crippen LogP contribution in [0.3, 0.4) is 0 Å². The summed E-state index contributed by atoms with van der Waals surface area (Å²) >= 11 is 0. The van der Waals surface area contributed by atoms with Gasteiger partial charge in [-0.2, -0.15) is 15.4 Å². The third kappa shape index (κ3) is 1.20. The predicted octanol–water partition coefficient (Wildman–Crippen LogP) is 0.408. The van der Waals surface area contributed by atoms with Crippen LogP contribution in [0.15, 0.2) is 12.4 Å². The van der Waals surface area contributed by atoms with E-state index in [0.717, 1.165) is 5.69 Å². The molecular weight excluding hydrogens is 182 g/mol. The first kappa shape index (κ1) is 8.61. The van der Waals surface area contributed by atoms with Crippen LogP contribution >= 0.6 is 0 Å². The van der Waals surface area contributed by atoms with E-state index in [1.165, 1.54) is 6.92 Å². The maximum Gasteiger partial charge on any atom is 0.195 e. The highest BCUT2D eigenvalue weighted by Gasteiger charge is 2.12. The number of carbonyl (C=O) groups is 1. The lowest BCUT2D eigenvalue weighted by Crippen LogP contribution is -2.04. The van der Waals surface area contributed by atoms with Gasteiger partial charge in [0, 0.05) is 14.0 Å². The molecule has 2 heterocycles. The van der Waals surface area contributed by atoms with Crippen molar-refractivity contribution in [2.75, 3.05) is 0 Å². The van der Waals surface area contributed by atoms with E-state index in [1.807, 2.05) is 0 Å². The van der Waals surface area contributed by atoms with Gasteiger partial charge in [-0.05, 0) is 0 Å². The number of rotatable bonds is 2. The first-order valence-electron chi connectivity index (χ1n) is 4.09. The number of nitrogens with one attached hydrogen (secondary N) is 1. The summed E-state index contributed by atoms with van der Waals surface area (Å²) < 4.78 is 1.69. The molecule has 6 heteroatoms. The van der Waals surface area contributed by atoms with Crippen LogP contribution in [0.4, 0.5) is 0 Å². The summed E-state index contributed by atoms with van der Waals surface area (Å²) in [6.45, 7) is 1.48. The smallest absolute Gasteiger partial charge is 0.195 e. The van der Waals surface area contributed by atoms with E-state index >= 15 is 0 Å². The maximum atomic E-state index is 11.1. The van der Waals surface area contributed by atoms with Crippen molar-refractivity contribution < 1.29 is 4.79 Å². The van der Waals surface area contributed by atoms with Gasteiger partial charge in [0.1, 0.15) is 5.69 Å². The molecule has 72 valence electrons. The third-order valence-electron chi connectivity index (χ3n) is 1.98. The molecule has 0 aliphatic carbocycles. The van der Waals surface area contributed by atoms with Crippen LogP contribution in [0.5, 0.6) is 0 Å². The molecule has 6 nitrogen and oxygen atoms in total. The molecule has 1 N–H and O–H groups in total. The summed E-state index contributed by atoms with van der Waals surface area (Å²) in [5.41, 5.74) is 1.44. The monoisotopic (exact) mass is 191 g/mol. The Morgan fingerprint density at radius 3 is 2.79 bits per heavy atom. The molecule has 0 atom stereocenters. The zero-order valence-corrected chi connectivity index (χ0v) is 7.85. The lowest BCUT2D eigenvalue weighted by atomic mass is 10.3. The largest absolute Gasteiger partial charge is 0.323 e. The van der Waals surface area contributed by atoms with Gasteiger partial charge in [0.2, 0.25) is 0 Å². The first-order chi connectivity index (χ1) is 6.70. The van der Waals surface area contributed by atoms with Crippen LogP contribution in [0.1, 0.15) is 17.5 Å². The second-order valence-corrected chi connectivity index (χ2v) is 2.94. The van der Waals surface area contributed by atoms with Crippen molar-refractivity contribution >= 4 is 5.78 Å². The van der Waals surface area contributed by atoms with Gasteiger partial charge in [-0.15, -0.1) is 0 Å². The van der Waals surface area contributed by atoms with Gasteiger partial charge in [-0.1, -0.05) is 0 Å². The number of H-pyrrole nitrogens is 1. The Morgan fingerprint density at radius 1 is 1.50 bits per heavy atom. The van der Waals surface area contributed by atoms with Crippen LogP contribution in [0.25, 0.3) is 11.4 Å². The molecule has 0 aromatic carbocycles. The van der Waals surface area contributed by atoms with Crippen molar-refractivity contribution in [2.45, 2.75) is 6.92 Å². The SMILES string of the molecule is CC(=O)c1ncc(-c2cn[nH]n2)n1C. The van der Waals surface area contributed by atoms with E-state index in [1.54, 1.807) is 24.0 Å². The molecule has 0 saturated heterocycles. The van der Waals surface area contributed by atoms with Crippen LogP contribution in [0, 0.1) is 0 Å². The molecule has 0 unspecified atom stereocenters. The molecule has 0 saturated carbocycles. The van der Waals surface area contributed by atoms with E-state index in [4.69, 9.17) is 0 Å². The standard InChI is InChI=1S/C8H9N5O/c1-5(14)8-9-4-7(13(8)2)6-3-10-12-11-6/h3-4H,1-2H3,(H,10,11,12). The summed E-state index contributed by atoms with van der Waals surface area (Å²) in [7, 11) is 1.77. The van der Waals surface area contributed by atoms with Gasteiger partial charge in [-0.25, -0.2) is 4.98 Å². The summed E-state index contributed by atoms with van der Waals surface area (Å²) in [4.78, 5) is 15.1. The molecule has 0 radical (unpaired) electrons. The molecule has 0 spiro atoms. The summed E-state index contributed by atoms with van der Waals surface area (Å²) in [5.74, 6) is 0.352. The average Bonchev–Trinajstić information content (AvgIpc) is 2.71. The maximum absolute atomic E-state index is 11.1. The van der Waals surface area contributed by atoms with E-state index in [0.29, 0.717) is 11.5 Å². The summed E-state index contributed by atoms with van der Waals surface area (Å²) in [6, 6.07) is 0. The molecule has 0 aliphatic heterocycles. The van der Waals surface area contributed by atoms with Gasteiger partial charge in [0.15, 0.2) is 11.6 Å². The van der Waals surface area contributed by atoms with Crippen LogP contribution in [-0.2, 0) is 7.05 Å². The zero-order valence-electron chi connectivity index (χ0n) is 7.85. The van der Waals surface area contributed by atoms with E-state index in [2.05, 4.69) is 20.4 Å². The number of imidazole rings is 1.